The molecular formula is C24H28. The molecule has 0 saturated heterocycles. The summed E-state index contributed by atoms with van der Waals surface area (Å²) >= 11 is 0. The molecule has 124 valence electrons. The largest absolute Gasteiger partial charge is 0.0683 e. The highest BCUT2D eigenvalue weighted by Gasteiger charge is 2.14. The molecule has 0 radical (unpaired) electrons. The lowest BCUT2D eigenvalue weighted by atomic mass is 9.99. The van der Waals surface area contributed by atoms with Crippen molar-refractivity contribution in [1.29, 1.82) is 0 Å². The number of allylic oxidation sites excluding steroid dienone is 2. The van der Waals surface area contributed by atoms with E-state index in [1.54, 1.807) is 0 Å². The second-order valence-electron chi connectivity index (χ2n) is 7.52. The van der Waals surface area contributed by atoms with Crippen LogP contribution in [0.15, 0.2) is 35.4 Å². The quantitative estimate of drug-likeness (QED) is 0.518. The van der Waals surface area contributed by atoms with E-state index < -0.39 is 0 Å². The van der Waals surface area contributed by atoms with E-state index in [4.69, 9.17) is 0 Å². The molecule has 0 saturated carbocycles. The summed E-state index contributed by atoms with van der Waals surface area (Å²) in [5.74, 6) is 0. The van der Waals surface area contributed by atoms with Crippen molar-refractivity contribution >= 4 is 12.2 Å². The van der Waals surface area contributed by atoms with Crippen LogP contribution in [0.25, 0.3) is 12.2 Å². The molecular weight excluding hydrogens is 288 g/mol. The number of benzene rings is 2. The Kier molecular flexibility index (Phi) is 4.49. The van der Waals surface area contributed by atoms with Gasteiger partial charge in [-0.2, -0.15) is 0 Å². The highest BCUT2D eigenvalue weighted by Crippen LogP contribution is 2.30. The predicted octanol–water partition coefficient (Wildman–Crippen LogP) is 6.53. The number of hydrogen-bond acceptors (Lipinski definition) is 0. The molecule has 0 heterocycles. The molecule has 2 aromatic rings. The van der Waals surface area contributed by atoms with E-state index in [1.165, 1.54) is 55.7 Å². The normalized spacial score (nSPS) is 14.4. The molecule has 0 aromatic heterocycles. The molecule has 0 N–H and O–H groups in total. The van der Waals surface area contributed by atoms with Gasteiger partial charge in [0.2, 0.25) is 0 Å². The van der Waals surface area contributed by atoms with Crippen molar-refractivity contribution in [3.63, 3.8) is 0 Å². The minimum Gasteiger partial charge on any atom is -0.0683 e. The number of fused-ring (bicyclic) bond motifs is 2. The van der Waals surface area contributed by atoms with Crippen LogP contribution in [0.5, 0.6) is 0 Å². The van der Waals surface area contributed by atoms with Crippen LogP contribution in [-0.4, -0.2) is 0 Å². The zero-order valence-electron chi connectivity index (χ0n) is 15.9. The molecule has 2 aliphatic carbocycles. The Labute approximate surface area is 146 Å². The van der Waals surface area contributed by atoms with Gasteiger partial charge in [0, 0.05) is 0 Å². The minimum absolute atomic E-state index is 1.16. The first-order valence-corrected chi connectivity index (χ1v) is 8.89. The lowest BCUT2D eigenvalue weighted by Crippen LogP contribution is -1.90. The van der Waals surface area contributed by atoms with Crippen molar-refractivity contribution < 1.29 is 0 Å². The van der Waals surface area contributed by atoms with Gasteiger partial charge in [-0.05, 0) is 98.9 Å². The third-order valence-corrected chi connectivity index (χ3v) is 5.31. The van der Waals surface area contributed by atoms with Gasteiger partial charge in [-0.25, -0.2) is 0 Å². The first kappa shape index (κ1) is 16.8. The molecule has 2 aromatic carbocycles. The van der Waals surface area contributed by atoms with Gasteiger partial charge in [0.25, 0.3) is 0 Å². The van der Waals surface area contributed by atoms with Crippen LogP contribution in [0.2, 0.25) is 0 Å². The van der Waals surface area contributed by atoms with Gasteiger partial charge >= 0.3 is 0 Å². The molecule has 0 atom stereocenters. The van der Waals surface area contributed by atoms with Crippen LogP contribution in [0.1, 0.15) is 58.4 Å². The lowest BCUT2D eigenvalue weighted by molar-refractivity contribution is 1.15. The van der Waals surface area contributed by atoms with E-state index in [0.29, 0.717) is 0 Å². The van der Waals surface area contributed by atoms with Crippen LogP contribution >= 0.6 is 0 Å². The summed E-state index contributed by atoms with van der Waals surface area (Å²) in [6, 6.07) is 8.87. The van der Waals surface area contributed by atoms with Gasteiger partial charge in [0.1, 0.15) is 0 Å². The van der Waals surface area contributed by atoms with Crippen molar-refractivity contribution in [3.05, 3.63) is 79.9 Å². The average molecular weight is 316 g/mol. The Bertz CT molecular complexity index is 787. The number of rotatable bonds is 0. The van der Waals surface area contributed by atoms with E-state index in [1.807, 2.05) is 0 Å². The SMILES string of the molecule is CC1=Cc2c(C)ccc(C)c2C1.CC1=Cc2c(C)ccc(C)c2C1. The van der Waals surface area contributed by atoms with E-state index >= 15 is 0 Å². The third-order valence-electron chi connectivity index (χ3n) is 5.31. The Morgan fingerprint density at radius 2 is 0.833 bits per heavy atom. The maximum Gasteiger partial charge on any atom is -0.00579 e. The van der Waals surface area contributed by atoms with Crippen molar-refractivity contribution in [2.45, 2.75) is 54.4 Å². The van der Waals surface area contributed by atoms with Crippen LogP contribution in [-0.2, 0) is 12.8 Å². The molecule has 0 spiro atoms. The maximum absolute atomic E-state index is 2.32. The molecule has 0 unspecified atom stereocenters. The van der Waals surface area contributed by atoms with Crippen LogP contribution in [0, 0.1) is 27.7 Å². The Balaban J connectivity index is 0.000000141. The summed E-state index contributed by atoms with van der Waals surface area (Å²) in [4.78, 5) is 0. The monoisotopic (exact) mass is 316 g/mol. The average Bonchev–Trinajstić information content (AvgIpc) is 3.12. The summed E-state index contributed by atoms with van der Waals surface area (Å²) in [6.45, 7) is 13.2. The number of hydrogen-bond donors (Lipinski definition) is 0. The predicted molar refractivity (Wildman–Crippen MR) is 107 cm³/mol. The Hall–Kier alpha value is -2.08. The van der Waals surface area contributed by atoms with Crippen molar-refractivity contribution in [2.75, 3.05) is 0 Å². The van der Waals surface area contributed by atoms with Crippen molar-refractivity contribution in [3.8, 4) is 0 Å². The maximum atomic E-state index is 2.32. The summed E-state index contributed by atoms with van der Waals surface area (Å²) in [6.07, 6.45) is 6.95. The van der Waals surface area contributed by atoms with E-state index in [0.717, 1.165) is 12.8 Å². The molecule has 0 nitrogen and oxygen atoms in total. The summed E-state index contributed by atoms with van der Waals surface area (Å²) in [5, 5.41) is 0. The van der Waals surface area contributed by atoms with Crippen LogP contribution in [0.4, 0.5) is 0 Å². The highest BCUT2D eigenvalue weighted by molar-refractivity contribution is 5.68. The minimum atomic E-state index is 1.16. The smallest absolute Gasteiger partial charge is 0.00579 e. The van der Waals surface area contributed by atoms with E-state index in [9.17, 15) is 0 Å². The first-order chi connectivity index (χ1) is 11.4. The molecule has 0 aliphatic heterocycles. The topological polar surface area (TPSA) is 0 Å². The summed E-state index contributed by atoms with van der Waals surface area (Å²) in [5.41, 5.74) is 14.7. The Morgan fingerprint density at radius 3 is 1.17 bits per heavy atom. The number of aryl methyl sites for hydroxylation is 4. The highest BCUT2D eigenvalue weighted by atomic mass is 14.2. The molecule has 24 heavy (non-hydrogen) atoms. The fourth-order valence-corrected chi connectivity index (χ4v) is 3.81. The second kappa shape index (κ2) is 6.43. The van der Waals surface area contributed by atoms with E-state index in [2.05, 4.69) is 78.0 Å². The molecule has 0 amide bonds. The van der Waals surface area contributed by atoms with Crippen LogP contribution in [0.3, 0.4) is 0 Å². The van der Waals surface area contributed by atoms with Gasteiger partial charge in [-0.1, -0.05) is 47.6 Å². The standard InChI is InChI=1S/2C12H14/c2*1-8-6-11-9(2)4-5-10(3)12(11)7-8/h2*4-6H,7H2,1-3H3. The molecule has 4 rings (SSSR count). The molecule has 0 bridgehead atoms. The lowest BCUT2D eigenvalue weighted by Gasteiger charge is -2.05. The Morgan fingerprint density at radius 1 is 0.500 bits per heavy atom. The zero-order chi connectivity index (χ0) is 17.4. The second-order valence-corrected chi connectivity index (χ2v) is 7.52. The molecule has 2 aliphatic rings. The first-order valence-electron chi connectivity index (χ1n) is 8.89. The fourth-order valence-electron chi connectivity index (χ4n) is 3.81. The fraction of sp³-hybridized carbons (Fsp3) is 0.333. The third kappa shape index (κ3) is 3.11. The summed E-state index contributed by atoms with van der Waals surface area (Å²) < 4.78 is 0. The van der Waals surface area contributed by atoms with Crippen LogP contribution < -0.4 is 0 Å². The van der Waals surface area contributed by atoms with Gasteiger partial charge in [0.05, 0.1) is 0 Å². The van der Waals surface area contributed by atoms with Crippen molar-refractivity contribution in [2.24, 2.45) is 0 Å². The summed E-state index contributed by atoms with van der Waals surface area (Å²) in [7, 11) is 0. The van der Waals surface area contributed by atoms with Gasteiger partial charge in [-0.3, -0.25) is 0 Å². The van der Waals surface area contributed by atoms with Gasteiger partial charge in [-0.15, -0.1) is 0 Å². The molecule has 0 heteroatoms. The zero-order valence-corrected chi connectivity index (χ0v) is 15.9. The van der Waals surface area contributed by atoms with Gasteiger partial charge in [0.15, 0.2) is 0 Å². The van der Waals surface area contributed by atoms with E-state index in [-0.39, 0.29) is 0 Å². The van der Waals surface area contributed by atoms with Gasteiger partial charge < -0.3 is 0 Å². The molecule has 0 fully saturated rings. The van der Waals surface area contributed by atoms with Crippen molar-refractivity contribution in [1.82, 2.24) is 0 Å².